The van der Waals surface area contributed by atoms with E-state index in [1.54, 1.807) is 7.11 Å². The summed E-state index contributed by atoms with van der Waals surface area (Å²) in [5.41, 5.74) is 1.16. The first-order valence-corrected chi connectivity index (χ1v) is 8.89. The Bertz CT molecular complexity index is 539. The fourth-order valence-electron chi connectivity index (χ4n) is 3.14. The van der Waals surface area contributed by atoms with Crippen LogP contribution in [0.4, 0.5) is 0 Å². The molecule has 1 aromatic rings. The van der Waals surface area contributed by atoms with Crippen LogP contribution in [-0.2, 0) is 16.1 Å². The first kappa shape index (κ1) is 19.2. The van der Waals surface area contributed by atoms with Gasteiger partial charge in [-0.1, -0.05) is 23.7 Å². The van der Waals surface area contributed by atoms with Crippen molar-refractivity contribution in [1.29, 1.82) is 0 Å². The van der Waals surface area contributed by atoms with Crippen molar-refractivity contribution in [2.24, 2.45) is 0 Å². The van der Waals surface area contributed by atoms with Gasteiger partial charge in [-0.2, -0.15) is 0 Å². The average Bonchev–Trinajstić information content (AvgIpc) is 2.98. The van der Waals surface area contributed by atoms with Crippen molar-refractivity contribution in [3.05, 3.63) is 34.9 Å². The minimum atomic E-state index is -0.0845. The molecule has 0 aliphatic carbocycles. The number of nitrogens with one attached hydrogen (secondary N) is 2. The smallest absolute Gasteiger partial charge is 0.237 e. The summed E-state index contributed by atoms with van der Waals surface area (Å²) in [6.07, 6.45) is 0.817. The fraction of sp³-hybridized carbons (Fsp3) is 0.611. The second-order valence-corrected chi connectivity index (χ2v) is 6.97. The second kappa shape index (κ2) is 9.37. The van der Waals surface area contributed by atoms with E-state index in [9.17, 15) is 4.79 Å². The second-order valence-electron chi connectivity index (χ2n) is 6.53. The maximum absolute atomic E-state index is 12.4. The molecule has 1 saturated heterocycles. The predicted octanol–water partition coefficient (Wildman–Crippen LogP) is 2.04. The van der Waals surface area contributed by atoms with Crippen molar-refractivity contribution in [2.45, 2.75) is 44.9 Å². The largest absolute Gasteiger partial charge is 0.383 e. The Balaban J connectivity index is 1.90. The molecule has 1 fully saturated rings. The van der Waals surface area contributed by atoms with Crippen molar-refractivity contribution in [2.75, 3.05) is 26.8 Å². The first-order chi connectivity index (χ1) is 11.5. The number of benzene rings is 1. The van der Waals surface area contributed by atoms with Crippen LogP contribution < -0.4 is 10.6 Å². The number of nitrogens with zero attached hydrogens (tertiary/aromatic N) is 1. The van der Waals surface area contributed by atoms with E-state index in [2.05, 4.69) is 35.4 Å². The SMILES string of the molecule is COCCNC(=O)[C@@H]1C[C@@H](NCc2cccc(Cl)c2)CN1C(C)C. The van der Waals surface area contributed by atoms with E-state index in [-0.39, 0.29) is 11.9 Å². The van der Waals surface area contributed by atoms with Gasteiger partial charge in [-0.3, -0.25) is 9.69 Å². The quantitative estimate of drug-likeness (QED) is 0.702. The van der Waals surface area contributed by atoms with Gasteiger partial charge in [0.1, 0.15) is 0 Å². The van der Waals surface area contributed by atoms with Gasteiger partial charge < -0.3 is 15.4 Å². The summed E-state index contributed by atoms with van der Waals surface area (Å²) in [7, 11) is 1.64. The zero-order valence-corrected chi connectivity index (χ0v) is 15.5. The van der Waals surface area contributed by atoms with Gasteiger partial charge in [0.25, 0.3) is 0 Å². The van der Waals surface area contributed by atoms with Crippen LogP contribution in [0.2, 0.25) is 5.02 Å². The third kappa shape index (κ3) is 5.45. The summed E-state index contributed by atoms with van der Waals surface area (Å²) in [6.45, 7) is 6.99. The van der Waals surface area contributed by atoms with E-state index >= 15 is 0 Å². The lowest BCUT2D eigenvalue weighted by atomic mass is 10.1. The van der Waals surface area contributed by atoms with Gasteiger partial charge in [0.2, 0.25) is 5.91 Å². The highest BCUT2D eigenvalue weighted by Crippen LogP contribution is 2.21. The van der Waals surface area contributed by atoms with Crippen molar-refractivity contribution in [3.63, 3.8) is 0 Å². The molecule has 24 heavy (non-hydrogen) atoms. The monoisotopic (exact) mass is 353 g/mol. The fourth-order valence-corrected chi connectivity index (χ4v) is 3.35. The van der Waals surface area contributed by atoms with E-state index < -0.39 is 0 Å². The van der Waals surface area contributed by atoms with E-state index in [4.69, 9.17) is 16.3 Å². The summed E-state index contributed by atoms with van der Waals surface area (Å²) in [6, 6.07) is 8.41. The van der Waals surface area contributed by atoms with E-state index in [0.29, 0.717) is 25.2 Å². The lowest BCUT2D eigenvalue weighted by Gasteiger charge is -2.27. The van der Waals surface area contributed by atoms with E-state index in [1.807, 2.05) is 18.2 Å². The predicted molar refractivity (Wildman–Crippen MR) is 97.2 cm³/mol. The number of hydrogen-bond acceptors (Lipinski definition) is 4. The van der Waals surface area contributed by atoms with Gasteiger partial charge in [0, 0.05) is 43.9 Å². The number of carbonyl (C=O) groups is 1. The molecule has 0 aromatic heterocycles. The molecule has 134 valence electrons. The highest BCUT2D eigenvalue weighted by atomic mass is 35.5. The summed E-state index contributed by atoms with van der Waals surface area (Å²) in [5.74, 6) is 0.0906. The van der Waals surface area contributed by atoms with Crippen molar-refractivity contribution < 1.29 is 9.53 Å². The molecule has 1 aliphatic heterocycles. The number of ether oxygens (including phenoxy) is 1. The topological polar surface area (TPSA) is 53.6 Å². The first-order valence-electron chi connectivity index (χ1n) is 8.51. The van der Waals surface area contributed by atoms with Crippen molar-refractivity contribution in [3.8, 4) is 0 Å². The molecule has 0 unspecified atom stereocenters. The van der Waals surface area contributed by atoms with E-state index in [1.165, 1.54) is 0 Å². The van der Waals surface area contributed by atoms with Gasteiger partial charge in [-0.25, -0.2) is 0 Å². The molecule has 1 aromatic carbocycles. The van der Waals surface area contributed by atoms with Crippen LogP contribution in [0.25, 0.3) is 0 Å². The Morgan fingerprint density at radius 1 is 1.46 bits per heavy atom. The molecule has 0 radical (unpaired) electrons. The van der Waals surface area contributed by atoms with Crippen LogP contribution in [0.3, 0.4) is 0 Å². The number of amides is 1. The molecule has 5 nitrogen and oxygen atoms in total. The Morgan fingerprint density at radius 3 is 2.92 bits per heavy atom. The maximum Gasteiger partial charge on any atom is 0.237 e. The van der Waals surface area contributed by atoms with Crippen LogP contribution in [0.5, 0.6) is 0 Å². The normalized spacial score (nSPS) is 21.4. The number of likely N-dealkylation sites (tertiary alicyclic amines) is 1. The third-order valence-electron chi connectivity index (χ3n) is 4.39. The van der Waals surface area contributed by atoms with Crippen LogP contribution in [0.15, 0.2) is 24.3 Å². The van der Waals surface area contributed by atoms with Crippen molar-refractivity contribution >= 4 is 17.5 Å². The molecule has 2 N–H and O–H groups in total. The molecule has 1 amide bonds. The summed E-state index contributed by atoms with van der Waals surface area (Å²) >= 11 is 6.03. The molecule has 1 aliphatic rings. The Hall–Kier alpha value is -1.14. The summed E-state index contributed by atoms with van der Waals surface area (Å²) < 4.78 is 5.00. The molecule has 0 saturated carbocycles. The molecule has 2 rings (SSSR count). The molecule has 1 heterocycles. The Kier molecular flexibility index (Phi) is 7.49. The molecule has 6 heteroatoms. The number of halogens is 1. The minimum Gasteiger partial charge on any atom is -0.383 e. The zero-order valence-electron chi connectivity index (χ0n) is 14.7. The molecule has 0 bridgehead atoms. The summed E-state index contributed by atoms with van der Waals surface area (Å²) in [4.78, 5) is 14.7. The standard InChI is InChI=1S/C18H28ClN3O2/c1-13(2)22-12-16(10-17(22)18(23)20-7-8-24-3)21-11-14-5-4-6-15(19)9-14/h4-6,9,13,16-17,21H,7-8,10-12H2,1-3H3,(H,20,23)/t16-,17+/m1/s1. The number of hydrogen-bond donors (Lipinski definition) is 2. The lowest BCUT2D eigenvalue weighted by molar-refractivity contribution is -0.126. The maximum atomic E-state index is 12.4. The van der Waals surface area contributed by atoms with Gasteiger partial charge in [-0.15, -0.1) is 0 Å². The van der Waals surface area contributed by atoms with Crippen LogP contribution >= 0.6 is 11.6 Å². The van der Waals surface area contributed by atoms with Crippen LogP contribution in [0, 0.1) is 0 Å². The van der Waals surface area contributed by atoms with Gasteiger partial charge in [-0.05, 0) is 38.0 Å². The van der Waals surface area contributed by atoms with Gasteiger partial charge in [0.05, 0.1) is 12.6 Å². The average molecular weight is 354 g/mol. The third-order valence-corrected chi connectivity index (χ3v) is 4.63. The molecule has 0 spiro atoms. The Morgan fingerprint density at radius 2 is 2.25 bits per heavy atom. The molecule has 2 atom stereocenters. The van der Waals surface area contributed by atoms with Gasteiger partial charge in [0.15, 0.2) is 0 Å². The van der Waals surface area contributed by atoms with Crippen LogP contribution in [-0.4, -0.2) is 55.7 Å². The highest BCUT2D eigenvalue weighted by Gasteiger charge is 2.37. The highest BCUT2D eigenvalue weighted by molar-refractivity contribution is 6.30. The molecular formula is C18H28ClN3O2. The minimum absolute atomic E-state index is 0.0845. The Labute approximate surface area is 149 Å². The van der Waals surface area contributed by atoms with Gasteiger partial charge >= 0.3 is 0 Å². The molecular weight excluding hydrogens is 326 g/mol. The van der Waals surface area contributed by atoms with E-state index in [0.717, 1.165) is 30.1 Å². The number of carbonyl (C=O) groups excluding carboxylic acids is 1. The van der Waals surface area contributed by atoms with Crippen molar-refractivity contribution in [1.82, 2.24) is 15.5 Å². The summed E-state index contributed by atoms with van der Waals surface area (Å²) in [5, 5.41) is 7.27. The number of methoxy groups -OCH3 is 1. The lowest BCUT2D eigenvalue weighted by Crippen LogP contribution is -2.46. The van der Waals surface area contributed by atoms with Crippen LogP contribution in [0.1, 0.15) is 25.8 Å². The zero-order chi connectivity index (χ0) is 17.5. The number of rotatable bonds is 8.